The summed E-state index contributed by atoms with van der Waals surface area (Å²) in [6, 6.07) is 13.2. The lowest BCUT2D eigenvalue weighted by Crippen LogP contribution is -2.33. The molecule has 0 saturated carbocycles. The van der Waals surface area contributed by atoms with Gasteiger partial charge in [0.05, 0.1) is 35.5 Å². The fraction of sp³-hybridized carbons (Fsp3) is 0.348. The monoisotopic (exact) mass is 435 g/mol. The zero-order valence-electron chi connectivity index (χ0n) is 17.7. The quantitative estimate of drug-likeness (QED) is 0.429. The Labute approximate surface area is 184 Å². The van der Waals surface area contributed by atoms with E-state index in [0.717, 1.165) is 25.0 Å². The molecule has 1 aliphatic heterocycles. The standard InChI is InChI=1S/C23H25N5O4/c29-22(15-17-7-9-18(10-8-17)28(31)32)24-16-21-19-5-1-2-6-20(19)23(30)27(25-21)14-13-26-11-3-4-12-26/h1-2,5-10H,3-4,11-16H2,(H,24,29). The third-order valence-electron chi connectivity index (χ3n) is 5.74. The SMILES string of the molecule is O=C(Cc1ccc([N+](=O)[O-])cc1)NCc1nn(CCN2CCCC2)c(=O)c2ccccc12. The molecule has 0 radical (unpaired) electrons. The van der Waals surface area contributed by atoms with Crippen molar-refractivity contribution >= 4 is 22.4 Å². The van der Waals surface area contributed by atoms with E-state index in [0.29, 0.717) is 23.2 Å². The summed E-state index contributed by atoms with van der Waals surface area (Å²) in [6.07, 6.45) is 2.47. The molecular formula is C23H25N5O4. The van der Waals surface area contributed by atoms with Crippen molar-refractivity contribution in [3.63, 3.8) is 0 Å². The van der Waals surface area contributed by atoms with Crippen LogP contribution in [-0.4, -0.2) is 45.1 Å². The molecule has 9 nitrogen and oxygen atoms in total. The maximum Gasteiger partial charge on any atom is 0.274 e. The van der Waals surface area contributed by atoms with E-state index < -0.39 is 4.92 Å². The van der Waals surface area contributed by atoms with Crippen molar-refractivity contribution in [2.75, 3.05) is 19.6 Å². The zero-order chi connectivity index (χ0) is 22.5. The molecule has 1 amide bonds. The van der Waals surface area contributed by atoms with E-state index in [1.54, 1.807) is 18.2 Å². The number of nitro benzene ring substituents is 1. The summed E-state index contributed by atoms with van der Waals surface area (Å²) < 4.78 is 1.50. The molecule has 9 heteroatoms. The lowest BCUT2D eigenvalue weighted by atomic mass is 10.1. The molecule has 0 unspecified atom stereocenters. The topological polar surface area (TPSA) is 110 Å². The number of fused-ring (bicyclic) bond motifs is 1. The van der Waals surface area contributed by atoms with Gasteiger partial charge in [-0.2, -0.15) is 5.10 Å². The summed E-state index contributed by atoms with van der Waals surface area (Å²) in [6.45, 7) is 3.57. The Morgan fingerprint density at radius 3 is 2.41 bits per heavy atom. The molecule has 1 N–H and O–H groups in total. The van der Waals surface area contributed by atoms with Crippen molar-refractivity contribution in [2.24, 2.45) is 0 Å². The Morgan fingerprint density at radius 2 is 1.72 bits per heavy atom. The average Bonchev–Trinajstić information content (AvgIpc) is 3.32. The van der Waals surface area contributed by atoms with Crippen molar-refractivity contribution in [2.45, 2.75) is 32.4 Å². The van der Waals surface area contributed by atoms with Gasteiger partial charge < -0.3 is 10.2 Å². The number of non-ortho nitro benzene ring substituents is 1. The number of nitro groups is 1. The number of benzene rings is 2. The predicted octanol–water partition coefficient (Wildman–Crippen LogP) is 2.26. The highest BCUT2D eigenvalue weighted by Crippen LogP contribution is 2.15. The minimum Gasteiger partial charge on any atom is -0.350 e. The minimum absolute atomic E-state index is 0.0129. The average molecular weight is 435 g/mol. The van der Waals surface area contributed by atoms with Crippen molar-refractivity contribution in [1.29, 1.82) is 0 Å². The fourth-order valence-corrected chi connectivity index (χ4v) is 4.00. The number of carbonyl (C=O) groups is 1. The summed E-state index contributed by atoms with van der Waals surface area (Å²) >= 11 is 0. The molecule has 3 aromatic rings. The van der Waals surface area contributed by atoms with Crippen molar-refractivity contribution in [3.05, 3.63) is 80.3 Å². The van der Waals surface area contributed by atoms with Gasteiger partial charge >= 0.3 is 0 Å². The summed E-state index contributed by atoms with van der Waals surface area (Å²) in [4.78, 5) is 38.0. The number of hydrogen-bond donors (Lipinski definition) is 1. The van der Waals surface area contributed by atoms with Crippen LogP contribution in [-0.2, 0) is 24.3 Å². The second-order valence-corrected chi connectivity index (χ2v) is 7.95. The summed E-state index contributed by atoms with van der Waals surface area (Å²) in [5.74, 6) is -0.223. The first-order valence-corrected chi connectivity index (χ1v) is 10.7. The van der Waals surface area contributed by atoms with Crippen molar-refractivity contribution < 1.29 is 9.72 Å². The Balaban J connectivity index is 1.47. The van der Waals surface area contributed by atoms with Gasteiger partial charge in [0.1, 0.15) is 0 Å². The first kappa shape index (κ1) is 21.6. The maximum absolute atomic E-state index is 12.9. The number of rotatable bonds is 8. The van der Waals surface area contributed by atoms with Gasteiger partial charge in [-0.3, -0.25) is 19.7 Å². The molecule has 1 saturated heterocycles. The Bertz CT molecular complexity index is 1180. The van der Waals surface area contributed by atoms with E-state index in [9.17, 15) is 19.7 Å². The van der Waals surface area contributed by atoms with Crippen molar-refractivity contribution in [1.82, 2.24) is 20.0 Å². The largest absolute Gasteiger partial charge is 0.350 e. The predicted molar refractivity (Wildman–Crippen MR) is 120 cm³/mol. The second kappa shape index (κ2) is 9.69. The molecule has 0 bridgehead atoms. The van der Waals surface area contributed by atoms with Crippen LogP contribution in [0.15, 0.2) is 53.3 Å². The second-order valence-electron chi connectivity index (χ2n) is 7.95. The lowest BCUT2D eigenvalue weighted by Gasteiger charge is -2.16. The molecule has 2 aromatic carbocycles. The molecule has 0 aliphatic carbocycles. The number of carbonyl (C=O) groups excluding carboxylic acids is 1. The van der Waals surface area contributed by atoms with Crippen LogP contribution >= 0.6 is 0 Å². The third-order valence-corrected chi connectivity index (χ3v) is 5.74. The molecule has 166 valence electrons. The van der Waals surface area contributed by atoms with Gasteiger partial charge in [0, 0.05) is 24.1 Å². The summed E-state index contributed by atoms with van der Waals surface area (Å²) in [7, 11) is 0. The van der Waals surface area contributed by atoms with Crippen LogP contribution < -0.4 is 10.9 Å². The molecule has 1 aromatic heterocycles. The highest BCUT2D eigenvalue weighted by molar-refractivity contribution is 5.84. The molecule has 1 aliphatic rings. The van der Waals surface area contributed by atoms with Crippen molar-refractivity contribution in [3.8, 4) is 0 Å². The molecule has 32 heavy (non-hydrogen) atoms. The highest BCUT2D eigenvalue weighted by atomic mass is 16.6. The summed E-state index contributed by atoms with van der Waals surface area (Å²) in [5, 5.41) is 19.5. The van der Waals surface area contributed by atoms with E-state index >= 15 is 0 Å². The van der Waals surface area contributed by atoms with Gasteiger partial charge in [-0.05, 0) is 37.6 Å². The van der Waals surface area contributed by atoms with Crippen LogP contribution in [0.2, 0.25) is 0 Å². The van der Waals surface area contributed by atoms with E-state index in [1.165, 1.54) is 29.7 Å². The first-order chi connectivity index (χ1) is 15.5. The first-order valence-electron chi connectivity index (χ1n) is 10.7. The van der Waals surface area contributed by atoms with Crippen LogP contribution in [0.25, 0.3) is 10.8 Å². The zero-order valence-corrected chi connectivity index (χ0v) is 17.7. The van der Waals surface area contributed by atoms with E-state index in [-0.39, 0.29) is 30.1 Å². The molecule has 2 heterocycles. The number of nitrogens with one attached hydrogen (secondary N) is 1. The molecule has 1 fully saturated rings. The normalized spacial score (nSPS) is 14.0. The van der Waals surface area contributed by atoms with Gasteiger partial charge in [0.2, 0.25) is 5.91 Å². The van der Waals surface area contributed by atoms with Crippen LogP contribution in [0.1, 0.15) is 24.1 Å². The van der Waals surface area contributed by atoms with E-state index in [2.05, 4.69) is 15.3 Å². The van der Waals surface area contributed by atoms with Crippen LogP contribution in [0.4, 0.5) is 5.69 Å². The third kappa shape index (κ3) is 5.00. The Morgan fingerprint density at radius 1 is 1.03 bits per heavy atom. The van der Waals surface area contributed by atoms with Crippen LogP contribution in [0, 0.1) is 10.1 Å². The van der Waals surface area contributed by atoms with Crippen LogP contribution in [0.3, 0.4) is 0 Å². The Hall–Kier alpha value is -3.59. The van der Waals surface area contributed by atoms with E-state index in [4.69, 9.17) is 0 Å². The number of amides is 1. The molecule has 0 spiro atoms. The minimum atomic E-state index is -0.473. The number of likely N-dealkylation sites (tertiary alicyclic amines) is 1. The highest BCUT2D eigenvalue weighted by Gasteiger charge is 2.15. The fourth-order valence-electron chi connectivity index (χ4n) is 4.00. The summed E-state index contributed by atoms with van der Waals surface area (Å²) in [5.41, 5.74) is 1.18. The Kier molecular flexibility index (Phi) is 6.55. The van der Waals surface area contributed by atoms with Crippen LogP contribution in [0.5, 0.6) is 0 Å². The van der Waals surface area contributed by atoms with Gasteiger partial charge in [0.15, 0.2) is 0 Å². The van der Waals surface area contributed by atoms with Gasteiger partial charge in [-0.1, -0.05) is 30.3 Å². The van der Waals surface area contributed by atoms with E-state index in [1.807, 2.05) is 18.2 Å². The number of aromatic nitrogens is 2. The smallest absolute Gasteiger partial charge is 0.274 e. The maximum atomic E-state index is 12.9. The molecule has 4 rings (SSSR count). The van der Waals surface area contributed by atoms with Gasteiger partial charge in [-0.25, -0.2) is 4.68 Å². The molecular weight excluding hydrogens is 410 g/mol. The van der Waals surface area contributed by atoms with Gasteiger partial charge in [-0.15, -0.1) is 0 Å². The number of hydrogen-bond acceptors (Lipinski definition) is 6. The van der Waals surface area contributed by atoms with Gasteiger partial charge in [0.25, 0.3) is 11.2 Å². The lowest BCUT2D eigenvalue weighted by molar-refractivity contribution is -0.384. The number of nitrogens with zero attached hydrogens (tertiary/aromatic N) is 4. The molecule has 0 atom stereocenters.